The number of benzene rings is 1. The van der Waals surface area contributed by atoms with Gasteiger partial charge >= 0.3 is 0 Å². The van der Waals surface area contributed by atoms with Crippen molar-refractivity contribution < 1.29 is 9.53 Å². The standard InChI is InChI=1S/C18H21N5O2/c1-5-14(13-8-6-7-9-15(13)25-4)22(3)17(24)16-20-18-19-10-12(2)11-23(18)21-16/h6-11,14H,5H2,1-4H3. The van der Waals surface area contributed by atoms with Crippen molar-refractivity contribution in [3.05, 3.63) is 53.6 Å². The topological polar surface area (TPSA) is 72.6 Å². The van der Waals surface area contributed by atoms with Crippen molar-refractivity contribution in [3.8, 4) is 5.75 Å². The van der Waals surface area contributed by atoms with E-state index < -0.39 is 0 Å². The number of carbonyl (C=O) groups is 1. The number of aromatic nitrogens is 4. The summed E-state index contributed by atoms with van der Waals surface area (Å²) in [6.07, 6.45) is 4.24. The minimum atomic E-state index is -0.249. The van der Waals surface area contributed by atoms with E-state index in [0.29, 0.717) is 5.78 Å². The van der Waals surface area contributed by atoms with Gasteiger partial charge in [0, 0.05) is 25.0 Å². The van der Waals surface area contributed by atoms with Crippen LogP contribution in [0.15, 0.2) is 36.7 Å². The van der Waals surface area contributed by atoms with Crippen molar-refractivity contribution in [1.82, 2.24) is 24.5 Å². The second-order valence-electron chi connectivity index (χ2n) is 5.89. The van der Waals surface area contributed by atoms with Gasteiger partial charge in [-0.1, -0.05) is 25.1 Å². The maximum Gasteiger partial charge on any atom is 0.293 e. The third kappa shape index (κ3) is 3.17. The minimum Gasteiger partial charge on any atom is -0.496 e. The number of para-hydroxylation sites is 1. The fourth-order valence-electron chi connectivity index (χ4n) is 2.91. The Kier molecular flexibility index (Phi) is 4.65. The number of fused-ring (bicyclic) bond motifs is 1. The number of methoxy groups -OCH3 is 1. The Labute approximate surface area is 146 Å². The fourth-order valence-corrected chi connectivity index (χ4v) is 2.91. The molecule has 0 saturated carbocycles. The largest absolute Gasteiger partial charge is 0.496 e. The fraction of sp³-hybridized carbons (Fsp3) is 0.333. The molecule has 0 aliphatic carbocycles. The lowest BCUT2D eigenvalue weighted by Gasteiger charge is -2.27. The van der Waals surface area contributed by atoms with E-state index >= 15 is 0 Å². The highest BCUT2D eigenvalue weighted by Gasteiger charge is 2.26. The van der Waals surface area contributed by atoms with Gasteiger partial charge in [-0.3, -0.25) is 4.79 Å². The quantitative estimate of drug-likeness (QED) is 0.714. The molecule has 0 spiro atoms. The summed E-state index contributed by atoms with van der Waals surface area (Å²) >= 11 is 0. The molecular formula is C18H21N5O2. The number of hydrogen-bond acceptors (Lipinski definition) is 5. The van der Waals surface area contributed by atoms with Crippen LogP contribution in [0.4, 0.5) is 0 Å². The van der Waals surface area contributed by atoms with Crippen LogP contribution in [0.5, 0.6) is 5.75 Å². The Hall–Kier alpha value is -2.96. The third-order valence-corrected chi connectivity index (χ3v) is 4.19. The van der Waals surface area contributed by atoms with E-state index in [1.165, 1.54) is 4.52 Å². The average Bonchev–Trinajstić information content (AvgIpc) is 3.05. The van der Waals surface area contributed by atoms with Gasteiger partial charge in [0.1, 0.15) is 5.75 Å². The zero-order chi connectivity index (χ0) is 18.0. The van der Waals surface area contributed by atoms with Crippen molar-refractivity contribution in [2.24, 2.45) is 0 Å². The lowest BCUT2D eigenvalue weighted by atomic mass is 10.0. The summed E-state index contributed by atoms with van der Waals surface area (Å²) in [5.41, 5.74) is 1.91. The molecule has 1 amide bonds. The predicted molar refractivity (Wildman–Crippen MR) is 93.6 cm³/mol. The highest BCUT2D eigenvalue weighted by Crippen LogP contribution is 2.31. The summed E-state index contributed by atoms with van der Waals surface area (Å²) in [5, 5.41) is 4.27. The molecule has 25 heavy (non-hydrogen) atoms. The van der Waals surface area contributed by atoms with Crippen LogP contribution in [0.3, 0.4) is 0 Å². The van der Waals surface area contributed by atoms with E-state index in [2.05, 4.69) is 15.1 Å². The average molecular weight is 339 g/mol. The van der Waals surface area contributed by atoms with E-state index in [-0.39, 0.29) is 17.8 Å². The van der Waals surface area contributed by atoms with Gasteiger partial charge in [-0.05, 0) is 25.0 Å². The van der Waals surface area contributed by atoms with Crippen LogP contribution >= 0.6 is 0 Å². The molecule has 7 nitrogen and oxygen atoms in total. The zero-order valence-electron chi connectivity index (χ0n) is 14.8. The smallest absolute Gasteiger partial charge is 0.293 e. The summed E-state index contributed by atoms with van der Waals surface area (Å²) < 4.78 is 6.97. The molecule has 0 aliphatic rings. The number of amides is 1. The first-order valence-corrected chi connectivity index (χ1v) is 8.14. The molecule has 3 aromatic rings. The molecule has 0 N–H and O–H groups in total. The van der Waals surface area contributed by atoms with Crippen LogP contribution in [0.25, 0.3) is 5.78 Å². The van der Waals surface area contributed by atoms with E-state index in [1.54, 1.807) is 31.5 Å². The number of nitrogens with zero attached hydrogens (tertiary/aromatic N) is 5. The highest BCUT2D eigenvalue weighted by atomic mass is 16.5. The maximum atomic E-state index is 12.9. The van der Waals surface area contributed by atoms with E-state index in [1.807, 2.05) is 38.1 Å². The molecule has 0 radical (unpaired) electrons. The van der Waals surface area contributed by atoms with Gasteiger partial charge in [0.2, 0.25) is 5.82 Å². The van der Waals surface area contributed by atoms with Crippen LogP contribution in [0.2, 0.25) is 0 Å². The molecule has 130 valence electrons. The van der Waals surface area contributed by atoms with Crippen LogP contribution < -0.4 is 4.74 Å². The number of carbonyl (C=O) groups excluding carboxylic acids is 1. The normalized spacial score (nSPS) is 12.2. The van der Waals surface area contributed by atoms with Crippen molar-refractivity contribution in [3.63, 3.8) is 0 Å². The zero-order valence-corrected chi connectivity index (χ0v) is 14.8. The molecule has 2 aromatic heterocycles. The molecule has 1 atom stereocenters. The van der Waals surface area contributed by atoms with Crippen molar-refractivity contribution >= 4 is 11.7 Å². The lowest BCUT2D eigenvalue weighted by molar-refractivity contribution is 0.0712. The maximum absolute atomic E-state index is 12.9. The Morgan fingerprint density at radius 1 is 1.36 bits per heavy atom. The van der Waals surface area contributed by atoms with Crippen LogP contribution in [-0.4, -0.2) is 44.5 Å². The van der Waals surface area contributed by atoms with Gasteiger partial charge in [0.15, 0.2) is 0 Å². The Morgan fingerprint density at radius 3 is 2.84 bits per heavy atom. The van der Waals surface area contributed by atoms with Crippen LogP contribution in [-0.2, 0) is 0 Å². The molecule has 0 bridgehead atoms. The highest BCUT2D eigenvalue weighted by molar-refractivity contribution is 5.91. The first kappa shape index (κ1) is 16.9. The summed E-state index contributed by atoms with van der Waals surface area (Å²) in [7, 11) is 3.39. The van der Waals surface area contributed by atoms with E-state index in [0.717, 1.165) is 23.3 Å². The van der Waals surface area contributed by atoms with Gasteiger partial charge in [-0.15, -0.1) is 5.10 Å². The monoisotopic (exact) mass is 339 g/mol. The van der Waals surface area contributed by atoms with Crippen LogP contribution in [0.1, 0.15) is 41.1 Å². The minimum absolute atomic E-state index is 0.133. The summed E-state index contributed by atoms with van der Waals surface area (Å²) in [6.45, 7) is 3.94. The molecule has 0 aliphatic heterocycles. The van der Waals surface area contributed by atoms with Gasteiger partial charge in [0.25, 0.3) is 11.7 Å². The van der Waals surface area contributed by atoms with Crippen molar-refractivity contribution in [2.45, 2.75) is 26.3 Å². The molecule has 0 saturated heterocycles. The summed E-state index contributed by atoms with van der Waals surface area (Å²) in [4.78, 5) is 23.0. The molecule has 3 rings (SSSR count). The lowest BCUT2D eigenvalue weighted by Crippen LogP contribution is -2.32. The number of hydrogen-bond donors (Lipinski definition) is 0. The molecule has 7 heteroatoms. The number of rotatable bonds is 5. The molecule has 1 unspecified atom stereocenters. The van der Waals surface area contributed by atoms with Gasteiger partial charge in [-0.25, -0.2) is 9.50 Å². The molecule has 1 aromatic carbocycles. The molecule has 2 heterocycles. The van der Waals surface area contributed by atoms with Gasteiger partial charge in [0.05, 0.1) is 13.2 Å². The summed E-state index contributed by atoms with van der Waals surface area (Å²) in [5.74, 6) is 1.05. The number of aryl methyl sites for hydroxylation is 1. The SMILES string of the molecule is CCC(c1ccccc1OC)N(C)C(=O)c1nc2ncc(C)cn2n1. The second-order valence-corrected chi connectivity index (χ2v) is 5.89. The number of ether oxygens (including phenoxy) is 1. The Balaban J connectivity index is 1.93. The first-order chi connectivity index (χ1) is 12.0. The Morgan fingerprint density at radius 2 is 2.12 bits per heavy atom. The van der Waals surface area contributed by atoms with E-state index in [9.17, 15) is 4.79 Å². The molecular weight excluding hydrogens is 318 g/mol. The van der Waals surface area contributed by atoms with Crippen molar-refractivity contribution in [1.29, 1.82) is 0 Å². The van der Waals surface area contributed by atoms with Crippen molar-refractivity contribution in [2.75, 3.05) is 14.2 Å². The second kappa shape index (κ2) is 6.88. The Bertz CT molecular complexity index is 905. The van der Waals surface area contributed by atoms with Crippen LogP contribution in [0, 0.1) is 6.92 Å². The first-order valence-electron chi connectivity index (χ1n) is 8.14. The third-order valence-electron chi connectivity index (χ3n) is 4.19. The van der Waals surface area contributed by atoms with E-state index in [4.69, 9.17) is 4.74 Å². The molecule has 0 fully saturated rings. The van der Waals surface area contributed by atoms with Gasteiger partial charge in [-0.2, -0.15) is 4.98 Å². The predicted octanol–water partition coefficient (Wildman–Crippen LogP) is 2.66. The van der Waals surface area contributed by atoms with Gasteiger partial charge < -0.3 is 9.64 Å². The summed E-state index contributed by atoms with van der Waals surface area (Å²) in [6, 6.07) is 7.58.